The molecular weight excluding hydrogens is 195 g/mol. The van der Waals surface area contributed by atoms with E-state index in [1.165, 1.54) is 0 Å². The quantitative estimate of drug-likeness (QED) is 0.266. The van der Waals surface area contributed by atoms with Crippen LogP contribution < -0.4 is 18.9 Å². The topological polar surface area (TPSA) is 74.3 Å². The van der Waals surface area contributed by atoms with E-state index in [-0.39, 0.29) is 18.9 Å². The van der Waals surface area contributed by atoms with Gasteiger partial charge in [-0.05, 0) is 18.0 Å². The summed E-state index contributed by atoms with van der Waals surface area (Å²) >= 11 is -2.65. The Morgan fingerprint density at radius 2 is 1.90 bits per heavy atom. The molecule has 0 aromatic carbocycles. The van der Waals surface area contributed by atoms with Crippen molar-refractivity contribution in [3.05, 3.63) is 0 Å². The summed E-state index contributed by atoms with van der Waals surface area (Å²) in [5.74, 6) is 0. The van der Waals surface area contributed by atoms with Crippen LogP contribution >= 0.6 is 10.7 Å². The minimum absolute atomic E-state index is 0. The maximum atomic E-state index is 10.1. The smallest absolute Gasteiger partial charge is 0.771 e. The number of hydrogen-bond acceptors (Lipinski definition) is 4. The summed E-state index contributed by atoms with van der Waals surface area (Å²) in [5.41, 5.74) is 0. The molecule has 4 nitrogen and oxygen atoms in total. The summed E-state index contributed by atoms with van der Waals surface area (Å²) in [7, 11) is 0.715. The van der Waals surface area contributed by atoms with E-state index in [1.807, 2.05) is 0 Å². The molecule has 0 N–H and O–H groups in total. The molecule has 0 aromatic rings. The first-order valence-electron chi connectivity index (χ1n) is 1.87. The number of halogens is 1. The maximum Gasteiger partial charge on any atom is 1.00 e. The fourth-order valence-electron chi connectivity index (χ4n) is 0.0938. The van der Waals surface area contributed by atoms with Crippen LogP contribution in [0.5, 0.6) is 0 Å². The Morgan fingerprint density at radius 1 is 1.60 bits per heavy atom. The predicted octanol–water partition coefficient (Wildman–Crippen LogP) is -3.22. The standard InChI is InChI=1S/C2H5ClO4S2.Li/c1-2(8(4)5)9(3,6)7;/h2H,1H3,(H,4,5);/q;+1/p-1. The molecule has 10 heavy (non-hydrogen) atoms. The summed E-state index contributed by atoms with van der Waals surface area (Å²) in [4.78, 5) is 0. The summed E-state index contributed by atoms with van der Waals surface area (Å²) in [6.45, 7) is 0.992. The van der Waals surface area contributed by atoms with Gasteiger partial charge in [-0.25, -0.2) is 8.42 Å². The van der Waals surface area contributed by atoms with Crippen LogP contribution in [-0.4, -0.2) is 21.8 Å². The van der Waals surface area contributed by atoms with Crippen molar-refractivity contribution in [1.29, 1.82) is 0 Å². The maximum absolute atomic E-state index is 10.1. The first-order valence-corrected chi connectivity index (χ1v) is 5.38. The van der Waals surface area contributed by atoms with Crippen LogP contribution in [-0.2, 0) is 20.1 Å². The minimum atomic E-state index is -3.94. The van der Waals surface area contributed by atoms with Crippen molar-refractivity contribution in [2.24, 2.45) is 0 Å². The summed E-state index contributed by atoms with van der Waals surface area (Å²) in [6, 6.07) is 0. The van der Waals surface area contributed by atoms with Gasteiger partial charge in [-0.15, -0.1) is 0 Å². The summed E-state index contributed by atoms with van der Waals surface area (Å²) < 4.78 is 38.5. The zero-order chi connectivity index (χ0) is 7.65. The van der Waals surface area contributed by atoms with Crippen LogP contribution in [0, 0.1) is 0 Å². The van der Waals surface area contributed by atoms with Crippen LogP contribution in [0.4, 0.5) is 0 Å². The van der Waals surface area contributed by atoms with Gasteiger partial charge in [-0.1, -0.05) is 0 Å². The molecule has 2 unspecified atom stereocenters. The molecule has 0 radical (unpaired) electrons. The summed E-state index contributed by atoms with van der Waals surface area (Å²) in [6.07, 6.45) is 0. The van der Waals surface area contributed by atoms with Gasteiger partial charge < -0.3 is 4.55 Å². The van der Waals surface area contributed by atoms with Crippen molar-refractivity contribution in [3.63, 3.8) is 0 Å². The second-order valence-electron chi connectivity index (χ2n) is 1.30. The van der Waals surface area contributed by atoms with Crippen LogP contribution in [0.2, 0.25) is 0 Å². The third kappa shape index (κ3) is 4.72. The van der Waals surface area contributed by atoms with E-state index in [4.69, 9.17) is 0 Å². The zero-order valence-electron chi connectivity index (χ0n) is 5.40. The average Bonchev–Trinajstić information content (AvgIpc) is 1.62. The molecule has 0 rings (SSSR count). The van der Waals surface area contributed by atoms with Crippen LogP contribution in [0.1, 0.15) is 6.92 Å². The number of rotatable bonds is 2. The molecule has 0 spiro atoms. The molecular formula is C2H4ClLiO4S2. The third-order valence-electron chi connectivity index (χ3n) is 0.667. The molecule has 0 heterocycles. The minimum Gasteiger partial charge on any atom is -0.771 e. The molecule has 0 aliphatic rings. The van der Waals surface area contributed by atoms with E-state index in [1.54, 1.807) is 0 Å². The third-order valence-corrected chi connectivity index (χ3v) is 4.35. The largest absolute Gasteiger partial charge is 1.00 e. The van der Waals surface area contributed by atoms with Crippen molar-refractivity contribution >= 4 is 30.8 Å². The van der Waals surface area contributed by atoms with Gasteiger partial charge in [0.05, 0.1) is 0 Å². The molecule has 0 amide bonds. The molecule has 0 aliphatic heterocycles. The molecule has 2 atom stereocenters. The molecule has 0 bridgehead atoms. The molecule has 0 saturated carbocycles. The Hall–Kier alpha value is 0.947. The molecule has 8 heteroatoms. The van der Waals surface area contributed by atoms with Gasteiger partial charge in [0.2, 0.25) is 9.05 Å². The molecule has 0 aromatic heterocycles. The SMILES string of the molecule is CC(S(=O)[O-])S(=O)(=O)Cl.[Li+]. The first-order chi connectivity index (χ1) is 3.85. The normalized spacial score (nSPS) is 17.1. The second kappa shape index (κ2) is 4.75. The van der Waals surface area contributed by atoms with Gasteiger partial charge in [0, 0.05) is 10.7 Å². The van der Waals surface area contributed by atoms with Crippen LogP contribution in [0.3, 0.4) is 0 Å². The monoisotopic (exact) mass is 198 g/mol. The van der Waals surface area contributed by atoms with Crippen molar-refractivity contribution in [1.82, 2.24) is 0 Å². The Balaban J connectivity index is 0. The van der Waals surface area contributed by atoms with Crippen molar-refractivity contribution < 1.29 is 36.0 Å². The van der Waals surface area contributed by atoms with E-state index in [9.17, 15) is 17.2 Å². The molecule has 0 saturated heterocycles. The van der Waals surface area contributed by atoms with E-state index in [2.05, 4.69) is 10.7 Å². The van der Waals surface area contributed by atoms with Crippen LogP contribution in [0.25, 0.3) is 0 Å². The van der Waals surface area contributed by atoms with Gasteiger partial charge in [-0.3, -0.25) is 4.21 Å². The van der Waals surface area contributed by atoms with Crippen molar-refractivity contribution in [2.45, 2.75) is 11.5 Å². The molecule has 0 aliphatic carbocycles. The van der Waals surface area contributed by atoms with Gasteiger partial charge >= 0.3 is 18.9 Å². The second-order valence-corrected chi connectivity index (χ2v) is 5.78. The van der Waals surface area contributed by atoms with E-state index in [0.717, 1.165) is 6.92 Å². The van der Waals surface area contributed by atoms with Gasteiger partial charge in [0.1, 0.15) is 4.58 Å². The molecule has 56 valence electrons. The Kier molecular flexibility index (Phi) is 6.43. The van der Waals surface area contributed by atoms with E-state index in [0.29, 0.717) is 0 Å². The van der Waals surface area contributed by atoms with Crippen molar-refractivity contribution in [3.8, 4) is 0 Å². The van der Waals surface area contributed by atoms with Gasteiger partial charge in [0.15, 0.2) is 0 Å². The van der Waals surface area contributed by atoms with Gasteiger partial charge in [-0.2, -0.15) is 0 Å². The van der Waals surface area contributed by atoms with E-state index < -0.39 is 24.7 Å². The predicted molar refractivity (Wildman–Crippen MR) is 33.2 cm³/mol. The first kappa shape index (κ1) is 13.5. The Bertz CT molecular complexity index is 211. The average molecular weight is 199 g/mol. The Morgan fingerprint density at radius 3 is 1.90 bits per heavy atom. The molecule has 0 fully saturated rings. The fraction of sp³-hybridized carbons (Fsp3) is 1.00. The van der Waals surface area contributed by atoms with Crippen molar-refractivity contribution in [2.75, 3.05) is 0 Å². The fourth-order valence-corrected chi connectivity index (χ4v) is 1.38. The number of hydrogen-bond donors (Lipinski definition) is 0. The van der Waals surface area contributed by atoms with Crippen LogP contribution in [0.15, 0.2) is 0 Å². The zero-order valence-corrected chi connectivity index (χ0v) is 7.79. The summed E-state index contributed by atoms with van der Waals surface area (Å²) in [5, 5.41) is 0. The van der Waals surface area contributed by atoms with Gasteiger partial charge in [0.25, 0.3) is 0 Å². The Labute approximate surface area is 78.2 Å². The van der Waals surface area contributed by atoms with E-state index >= 15 is 0 Å².